The Morgan fingerprint density at radius 1 is 1.12 bits per heavy atom. The highest BCUT2D eigenvalue weighted by molar-refractivity contribution is 6.01. The van der Waals surface area contributed by atoms with E-state index in [1.165, 1.54) is 7.11 Å². The molecule has 0 radical (unpaired) electrons. The summed E-state index contributed by atoms with van der Waals surface area (Å²) in [4.78, 5) is 37.2. The van der Waals surface area contributed by atoms with Crippen molar-refractivity contribution in [3.8, 4) is 11.5 Å². The number of hydrogen-bond acceptors (Lipinski definition) is 7. The minimum absolute atomic E-state index is 0.195. The number of ether oxygens (including phenoxy) is 3. The molecule has 210 valence electrons. The van der Waals surface area contributed by atoms with E-state index in [1.807, 2.05) is 25.1 Å². The lowest BCUT2D eigenvalue weighted by molar-refractivity contribution is -0.139. The van der Waals surface area contributed by atoms with E-state index in [4.69, 9.17) is 14.2 Å². The molecular formula is C29H33N5O6. The van der Waals surface area contributed by atoms with Gasteiger partial charge in [0.2, 0.25) is 0 Å². The average Bonchev–Trinajstić information content (AvgIpc) is 3.21. The molecule has 0 spiro atoms. The molecule has 0 unspecified atom stereocenters. The van der Waals surface area contributed by atoms with Crippen molar-refractivity contribution in [3.05, 3.63) is 70.6 Å². The summed E-state index contributed by atoms with van der Waals surface area (Å²) < 4.78 is 18.5. The third-order valence-electron chi connectivity index (χ3n) is 6.62. The first-order chi connectivity index (χ1) is 19.3. The van der Waals surface area contributed by atoms with Crippen molar-refractivity contribution in [1.29, 1.82) is 0 Å². The van der Waals surface area contributed by atoms with E-state index < -0.39 is 23.9 Å². The van der Waals surface area contributed by atoms with Crippen molar-refractivity contribution in [2.75, 3.05) is 20.3 Å². The number of esters is 1. The van der Waals surface area contributed by atoms with Gasteiger partial charge in [-0.2, -0.15) is 5.10 Å². The number of para-hydroxylation sites is 1. The third-order valence-corrected chi connectivity index (χ3v) is 6.62. The zero-order valence-electron chi connectivity index (χ0n) is 23.2. The highest BCUT2D eigenvalue weighted by atomic mass is 16.5. The van der Waals surface area contributed by atoms with Crippen LogP contribution in [0.5, 0.6) is 11.5 Å². The largest absolute Gasteiger partial charge is 0.493 e. The van der Waals surface area contributed by atoms with Crippen molar-refractivity contribution in [2.24, 2.45) is 5.10 Å². The maximum absolute atomic E-state index is 12.6. The van der Waals surface area contributed by atoms with Gasteiger partial charge >= 0.3 is 12.0 Å². The van der Waals surface area contributed by atoms with Crippen LogP contribution in [0.2, 0.25) is 0 Å². The Kier molecular flexibility index (Phi) is 8.73. The molecule has 3 aromatic rings. The Bertz CT molecular complexity index is 1510. The molecular weight excluding hydrogens is 514 g/mol. The van der Waals surface area contributed by atoms with E-state index in [2.05, 4.69) is 38.7 Å². The van der Waals surface area contributed by atoms with Crippen LogP contribution in [-0.2, 0) is 20.9 Å². The second kappa shape index (κ2) is 12.4. The fourth-order valence-electron chi connectivity index (χ4n) is 4.78. The van der Waals surface area contributed by atoms with Crippen molar-refractivity contribution in [2.45, 2.75) is 40.3 Å². The van der Waals surface area contributed by atoms with Crippen LogP contribution in [0, 0.1) is 6.92 Å². The van der Waals surface area contributed by atoms with E-state index in [0.717, 1.165) is 28.7 Å². The number of amides is 3. The Hall–Kier alpha value is -4.80. The standard InChI is InChI=1S/C29H33N5O6/c1-6-34-18(4)21(20-10-8-9-11-22(20)34)15-30-33-25(35)16-40-23-13-12-19(14-24(23)38-5)27-26(28(36)39-7-2)17(3)31-29(37)32-27/h8-15,27H,6-7,16H2,1-5H3,(H,33,35)(H2,31,32,37)/b30-15+/t27-/m1/s1. The molecule has 2 heterocycles. The van der Waals surface area contributed by atoms with E-state index >= 15 is 0 Å². The number of rotatable bonds is 10. The first-order valence-electron chi connectivity index (χ1n) is 12.9. The molecule has 0 saturated carbocycles. The van der Waals surface area contributed by atoms with Crippen LogP contribution in [-0.4, -0.2) is 49.0 Å². The van der Waals surface area contributed by atoms with Gasteiger partial charge in [0, 0.05) is 34.4 Å². The number of nitrogens with zero attached hydrogens (tertiary/aromatic N) is 2. The molecule has 40 heavy (non-hydrogen) atoms. The number of hydrogen-bond donors (Lipinski definition) is 3. The minimum atomic E-state index is -0.754. The second-order valence-electron chi connectivity index (χ2n) is 9.04. The number of carbonyl (C=O) groups is 3. The van der Waals surface area contributed by atoms with E-state index in [1.54, 1.807) is 38.3 Å². The van der Waals surface area contributed by atoms with Gasteiger partial charge in [0.15, 0.2) is 18.1 Å². The quantitative estimate of drug-likeness (QED) is 0.201. The van der Waals surface area contributed by atoms with Gasteiger partial charge in [-0.1, -0.05) is 24.3 Å². The Morgan fingerprint density at radius 2 is 1.90 bits per heavy atom. The summed E-state index contributed by atoms with van der Waals surface area (Å²) in [5, 5.41) is 10.5. The summed E-state index contributed by atoms with van der Waals surface area (Å²) in [5.74, 6) is -0.354. The highest BCUT2D eigenvalue weighted by Crippen LogP contribution is 2.34. The van der Waals surface area contributed by atoms with Gasteiger partial charge < -0.3 is 29.4 Å². The minimum Gasteiger partial charge on any atom is -0.493 e. The number of hydrazone groups is 1. The molecule has 1 aromatic heterocycles. The van der Waals surface area contributed by atoms with Crippen LogP contribution in [0.25, 0.3) is 10.9 Å². The molecule has 1 atom stereocenters. The predicted octanol–water partition coefficient (Wildman–Crippen LogP) is 3.70. The van der Waals surface area contributed by atoms with Crippen LogP contribution in [0.1, 0.15) is 43.6 Å². The number of aryl methyl sites for hydroxylation is 1. The Balaban J connectivity index is 1.45. The van der Waals surface area contributed by atoms with Gasteiger partial charge in [-0.05, 0) is 51.5 Å². The summed E-state index contributed by atoms with van der Waals surface area (Å²) >= 11 is 0. The number of fused-ring (bicyclic) bond motifs is 1. The van der Waals surface area contributed by atoms with Gasteiger partial charge in [-0.15, -0.1) is 0 Å². The fourth-order valence-corrected chi connectivity index (χ4v) is 4.78. The molecule has 11 nitrogen and oxygen atoms in total. The maximum atomic E-state index is 12.6. The number of nitrogens with one attached hydrogen (secondary N) is 3. The first-order valence-corrected chi connectivity index (χ1v) is 12.9. The molecule has 1 aliphatic heterocycles. The highest BCUT2D eigenvalue weighted by Gasteiger charge is 2.32. The van der Waals surface area contributed by atoms with Gasteiger partial charge in [0.05, 0.1) is 31.5 Å². The van der Waals surface area contributed by atoms with Crippen LogP contribution < -0.4 is 25.5 Å². The molecule has 3 N–H and O–H groups in total. The van der Waals surface area contributed by atoms with Gasteiger partial charge in [0.1, 0.15) is 0 Å². The molecule has 11 heteroatoms. The van der Waals surface area contributed by atoms with Gasteiger partial charge in [0.25, 0.3) is 5.91 Å². The number of allylic oxidation sites excluding steroid dienone is 1. The van der Waals surface area contributed by atoms with Crippen molar-refractivity contribution in [3.63, 3.8) is 0 Å². The van der Waals surface area contributed by atoms with Gasteiger partial charge in [-0.3, -0.25) is 4.79 Å². The maximum Gasteiger partial charge on any atom is 0.338 e. The molecule has 0 saturated heterocycles. The average molecular weight is 548 g/mol. The smallest absolute Gasteiger partial charge is 0.338 e. The zero-order chi connectivity index (χ0) is 28.8. The SMILES string of the molecule is CCOC(=O)C1=C(C)NC(=O)N[C@@H]1c1ccc(OCC(=O)N/N=C/c2c(C)n(CC)c3ccccc23)c(OC)c1. The number of aromatic nitrogens is 1. The lowest BCUT2D eigenvalue weighted by Crippen LogP contribution is -2.45. The van der Waals surface area contributed by atoms with Crippen molar-refractivity contribution in [1.82, 2.24) is 20.6 Å². The molecule has 1 aliphatic rings. The monoisotopic (exact) mass is 547 g/mol. The normalized spacial score (nSPS) is 15.1. The molecule has 0 aliphatic carbocycles. The van der Waals surface area contributed by atoms with Crippen LogP contribution in [0.4, 0.5) is 4.79 Å². The zero-order valence-corrected chi connectivity index (χ0v) is 23.2. The molecule has 0 bridgehead atoms. The second-order valence-corrected chi connectivity index (χ2v) is 9.04. The number of urea groups is 1. The molecule has 3 amide bonds. The molecule has 0 fully saturated rings. The van der Waals surface area contributed by atoms with E-state index in [0.29, 0.717) is 22.8 Å². The summed E-state index contributed by atoms with van der Waals surface area (Å²) in [6, 6.07) is 11.8. The van der Waals surface area contributed by atoms with Crippen LogP contribution in [0.3, 0.4) is 0 Å². The van der Waals surface area contributed by atoms with Gasteiger partial charge in [-0.25, -0.2) is 15.0 Å². The first kappa shape index (κ1) is 28.2. The summed E-state index contributed by atoms with van der Waals surface area (Å²) in [7, 11) is 1.46. The van der Waals surface area contributed by atoms with Crippen molar-refractivity contribution >= 4 is 35.0 Å². The predicted molar refractivity (Wildman–Crippen MR) is 150 cm³/mol. The van der Waals surface area contributed by atoms with Crippen molar-refractivity contribution < 1.29 is 28.6 Å². The molecule has 2 aromatic carbocycles. The summed E-state index contributed by atoms with van der Waals surface area (Å²) in [6.07, 6.45) is 1.64. The summed E-state index contributed by atoms with van der Waals surface area (Å²) in [5.41, 5.74) is 6.88. The van der Waals surface area contributed by atoms with E-state index in [-0.39, 0.29) is 18.8 Å². The number of benzene rings is 2. The topological polar surface area (TPSA) is 132 Å². The number of methoxy groups -OCH3 is 1. The number of carbonyl (C=O) groups excluding carboxylic acids is 3. The van der Waals surface area contributed by atoms with Crippen LogP contribution >= 0.6 is 0 Å². The lowest BCUT2D eigenvalue weighted by atomic mass is 9.95. The molecule has 4 rings (SSSR count). The Labute approximate surface area is 232 Å². The third kappa shape index (κ3) is 5.78. The summed E-state index contributed by atoms with van der Waals surface area (Å²) in [6.45, 7) is 8.16. The van der Waals surface area contributed by atoms with Crippen LogP contribution in [0.15, 0.2) is 58.8 Å². The Morgan fingerprint density at radius 3 is 2.62 bits per heavy atom. The fraction of sp³-hybridized carbons (Fsp3) is 0.310. The van der Waals surface area contributed by atoms with E-state index in [9.17, 15) is 14.4 Å². The lowest BCUT2D eigenvalue weighted by Gasteiger charge is -2.28.